The van der Waals surface area contributed by atoms with Gasteiger partial charge in [0.1, 0.15) is 22.2 Å². The van der Waals surface area contributed by atoms with Crippen LogP contribution in [0.1, 0.15) is 30.8 Å². The van der Waals surface area contributed by atoms with E-state index in [1.165, 1.54) is 12.1 Å². The molecule has 0 radical (unpaired) electrons. The van der Waals surface area contributed by atoms with E-state index in [4.69, 9.17) is 20.8 Å². The van der Waals surface area contributed by atoms with Crippen molar-refractivity contribution < 1.29 is 22.4 Å². The standard InChI is InChI=1S/C17H17ClN2O5S/c1-9-4-11(9)14-3-2-10(25-14)7-19-26(22,23)16-6-15-13(5-12(16)18)20-17(21)8-24-15/h2-3,5-6,9,11,19H,4,7-8H2,1H3,(H,20,21)/t9-,11-/m0/s1. The minimum Gasteiger partial charge on any atom is -0.482 e. The van der Waals surface area contributed by atoms with Crippen LogP contribution in [0.2, 0.25) is 5.02 Å². The summed E-state index contributed by atoms with van der Waals surface area (Å²) in [5.74, 6) is 2.42. The monoisotopic (exact) mass is 396 g/mol. The van der Waals surface area contributed by atoms with Gasteiger partial charge < -0.3 is 14.5 Å². The van der Waals surface area contributed by atoms with E-state index >= 15 is 0 Å². The lowest BCUT2D eigenvalue weighted by Gasteiger charge is -2.19. The maximum Gasteiger partial charge on any atom is 0.262 e. The summed E-state index contributed by atoms with van der Waals surface area (Å²) in [6.45, 7) is 2.00. The third kappa shape index (κ3) is 3.32. The quantitative estimate of drug-likeness (QED) is 0.809. The lowest BCUT2D eigenvalue weighted by Crippen LogP contribution is -2.27. The molecule has 2 N–H and O–H groups in total. The van der Waals surface area contributed by atoms with Gasteiger partial charge in [-0.05, 0) is 30.5 Å². The van der Waals surface area contributed by atoms with Crippen LogP contribution in [0, 0.1) is 5.92 Å². The number of carbonyl (C=O) groups excluding carboxylic acids is 1. The summed E-state index contributed by atoms with van der Waals surface area (Å²) in [7, 11) is -3.88. The number of furan rings is 1. The summed E-state index contributed by atoms with van der Waals surface area (Å²) >= 11 is 6.10. The molecule has 2 heterocycles. The number of carbonyl (C=O) groups is 1. The number of hydrogen-bond acceptors (Lipinski definition) is 5. The third-order valence-corrected chi connectivity index (χ3v) is 6.42. The molecule has 0 spiro atoms. The van der Waals surface area contributed by atoms with Crippen LogP contribution >= 0.6 is 11.6 Å². The molecule has 1 fully saturated rings. The van der Waals surface area contributed by atoms with Crippen LogP contribution in [-0.2, 0) is 21.4 Å². The summed E-state index contributed by atoms with van der Waals surface area (Å²) in [5.41, 5.74) is 0.347. The Hall–Kier alpha value is -2.03. The van der Waals surface area contributed by atoms with E-state index in [1.54, 1.807) is 6.07 Å². The minimum absolute atomic E-state index is 0.00557. The first kappa shape index (κ1) is 17.4. The molecule has 138 valence electrons. The van der Waals surface area contributed by atoms with Crippen molar-refractivity contribution in [2.45, 2.75) is 30.7 Å². The van der Waals surface area contributed by atoms with Gasteiger partial charge in [-0.1, -0.05) is 18.5 Å². The van der Waals surface area contributed by atoms with E-state index in [0.717, 1.165) is 12.2 Å². The second-order valence-corrected chi connectivity index (χ2v) is 8.71. The first-order valence-electron chi connectivity index (χ1n) is 8.18. The number of benzene rings is 1. The van der Waals surface area contributed by atoms with E-state index in [1.807, 2.05) is 6.07 Å². The highest BCUT2D eigenvalue weighted by molar-refractivity contribution is 7.89. The zero-order chi connectivity index (χ0) is 18.5. The van der Waals surface area contributed by atoms with Crippen molar-refractivity contribution >= 4 is 33.2 Å². The Kier molecular flexibility index (Phi) is 4.21. The number of rotatable bonds is 5. The summed E-state index contributed by atoms with van der Waals surface area (Å²) < 4.78 is 38.7. The molecule has 4 rings (SSSR count). The van der Waals surface area contributed by atoms with Gasteiger partial charge in [0, 0.05) is 12.0 Å². The Morgan fingerprint density at radius 2 is 2.12 bits per heavy atom. The Labute approximate surface area is 155 Å². The maximum atomic E-state index is 12.6. The number of ether oxygens (including phenoxy) is 1. The molecule has 1 saturated carbocycles. The number of sulfonamides is 1. The Morgan fingerprint density at radius 1 is 1.35 bits per heavy atom. The van der Waals surface area contributed by atoms with Crippen LogP contribution in [0.15, 0.2) is 33.6 Å². The summed E-state index contributed by atoms with van der Waals surface area (Å²) in [5, 5.41) is 2.58. The summed E-state index contributed by atoms with van der Waals surface area (Å²) in [6, 6.07) is 6.33. The number of fused-ring (bicyclic) bond motifs is 1. The summed E-state index contributed by atoms with van der Waals surface area (Å²) in [6.07, 6.45) is 1.10. The number of hydrogen-bond donors (Lipinski definition) is 2. The highest BCUT2D eigenvalue weighted by Crippen LogP contribution is 2.47. The zero-order valence-electron chi connectivity index (χ0n) is 13.9. The Morgan fingerprint density at radius 3 is 2.85 bits per heavy atom. The molecule has 26 heavy (non-hydrogen) atoms. The molecule has 9 heteroatoms. The first-order valence-corrected chi connectivity index (χ1v) is 10.0. The molecule has 0 bridgehead atoms. The van der Waals surface area contributed by atoms with E-state index < -0.39 is 10.0 Å². The summed E-state index contributed by atoms with van der Waals surface area (Å²) in [4.78, 5) is 11.2. The van der Waals surface area contributed by atoms with Crippen molar-refractivity contribution in [1.29, 1.82) is 0 Å². The first-order chi connectivity index (χ1) is 12.3. The van der Waals surface area contributed by atoms with E-state index in [0.29, 0.717) is 23.3 Å². The van der Waals surface area contributed by atoms with E-state index in [-0.39, 0.29) is 34.7 Å². The van der Waals surface area contributed by atoms with Gasteiger partial charge in [0.25, 0.3) is 5.91 Å². The molecule has 7 nitrogen and oxygen atoms in total. The Balaban J connectivity index is 1.51. The molecule has 1 aliphatic carbocycles. The molecule has 1 aromatic carbocycles. The fourth-order valence-corrected chi connectivity index (χ4v) is 4.47. The highest BCUT2D eigenvalue weighted by atomic mass is 35.5. The normalized spacial score (nSPS) is 21.7. The van der Waals surface area contributed by atoms with Crippen molar-refractivity contribution in [1.82, 2.24) is 4.72 Å². The van der Waals surface area contributed by atoms with Crippen LogP contribution in [0.25, 0.3) is 0 Å². The SMILES string of the molecule is C[C@H]1C[C@@H]1c1ccc(CNS(=O)(=O)c2cc3c(cc2Cl)NC(=O)CO3)o1. The van der Waals surface area contributed by atoms with Gasteiger partial charge in [0.05, 0.1) is 17.3 Å². The molecule has 1 aromatic heterocycles. The van der Waals surface area contributed by atoms with Crippen molar-refractivity contribution in [2.24, 2.45) is 5.92 Å². The smallest absolute Gasteiger partial charge is 0.262 e. The predicted octanol–water partition coefficient (Wildman–Crippen LogP) is 2.87. The number of nitrogens with one attached hydrogen (secondary N) is 2. The van der Waals surface area contributed by atoms with Crippen molar-refractivity contribution in [3.8, 4) is 5.75 Å². The van der Waals surface area contributed by atoms with E-state index in [9.17, 15) is 13.2 Å². The second kappa shape index (κ2) is 6.29. The molecule has 0 saturated heterocycles. The largest absolute Gasteiger partial charge is 0.482 e. The minimum atomic E-state index is -3.88. The van der Waals surface area contributed by atoms with Gasteiger partial charge in [-0.2, -0.15) is 0 Å². The Bertz CT molecular complexity index is 985. The van der Waals surface area contributed by atoms with Crippen molar-refractivity contribution in [3.63, 3.8) is 0 Å². The maximum absolute atomic E-state index is 12.6. The molecule has 1 aliphatic heterocycles. The fraction of sp³-hybridized carbons (Fsp3) is 0.353. The van der Waals surface area contributed by atoms with Gasteiger partial charge in [-0.25, -0.2) is 13.1 Å². The molecular formula is C17H17ClN2O5S. The van der Waals surface area contributed by atoms with Gasteiger partial charge in [-0.15, -0.1) is 0 Å². The highest BCUT2D eigenvalue weighted by Gasteiger charge is 2.36. The number of amides is 1. The third-order valence-electron chi connectivity index (χ3n) is 4.55. The zero-order valence-corrected chi connectivity index (χ0v) is 15.5. The van der Waals surface area contributed by atoms with Crippen LogP contribution in [0.4, 0.5) is 5.69 Å². The fourth-order valence-electron chi connectivity index (χ4n) is 2.94. The van der Waals surface area contributed by atoms with Gasteiger partial charge in [0.2, 0.25) is 10.0 Å². The molecule has 2 aromatic rings. The lowest BCUT2D eigenvalue weighted by atomic mass is 10.2. The molecular weight excluding hydrogens is 380 g/mol. The topological polar surface area (TPSA) is 97.6 Å². The van der Waals surface area contributed by atoms with Gasteiger partial charge in [0.15, 0.2) is 6.61 Å². The molecule has 0 unspecified atom stereocenters. The second-order valence-electron chi connectivity index (χ2n) is 6.56. The number of anilines is 1. The van der Waals surface area contributed by atoms with Crippen LogP contribution in [-0.4, -0.2) is 20.9 Å². The van der Waals surface area contributed by atoms with Crippen molar-refractivity contribution in [3.05, 3.63) is 40.8 Å². The predicted molar refractivity (Wildman–Crippen MR) is 94.8 cm³/mol. The average molecular weight is 397 g/mol. The van der Waals surface area contributed by atoms with Crippen LogP contribution < -0.4 is 14.8 Å². The number of halogens is 1. The van der Waals surface area contributed by atoms with Crippen LogP contribution in [0.3, 0.4) is 0 Å². The average Bonchev–Trinajstić information content (AvgIpc) is 3.13. The van der Waals surface area contributed by atoms with Crippen molar-refractivity contribution in [2.75, 3.05) is 11.9 Å². The molecule has 2 aliphatic rings. The lowest BCUT2D eigenvalue weighted by molar-refractivity contribution is -0.118. The van der Waals surface area contributed by atoms with E-state index in [2.05, 4.69) is 17.0 Å². The van der Waals surface area contributed by atoms with Crippen LogP contribution in [0.5, 0.6) is 5.75 Å². The van der Waals surface area contributed by atoms with Gasteiger partial charge in [-0.3, -0.25) is 4.79 Å². The molecule has 2 atom stereocenters. The van der Waals surface area contributed by atoms with Gasteiger partial charge >= 0.3 is 0 Å². The molecule has 1 amide bonds.